The second-order valence-corrected chi connectivity index (χ2v) is 3.52. The number of methoxy groups -OCH3 is 1. The van der Waals surface area contributed by atoms with Gasteiger partial charge in [0.15, 0.2) is 5.69 Å². The van der Waals surface area contributed by atoms with Crippen LogP contribution in [0.25, 0.3) is 0 Å². The first-order valence-corrected chi connectivity index (χ1v) is 4.89. The van der Waals surface area contributed by atoms with Crippen LogP contribution in [0.1, 0.15) is 36.0 Å². The molecule has 5 nitrogen and oxygen atoms in total. The molecule has 1 heterocycles. The number of rotatable bonds is 5. The van der Waals surface area contributed by atoms with Gasteiger partial charge in [0.25, 0.3) is 5.91 Å². The van der Waals surface area contributed by atoms with Gasteiger partial charge in [0, 0.05) is 25.6 Å². The molecule has 84 valence electrons. The SMILES string of the molecule is COCCNC(=O)c1cc(C(C)C)on1. The maximum absolute atomic E-state index is 11.5. The van der Waals surface area contributed by atoms with Gasteiger partial charge in [-0.1, -0.05) is 19.0 Å². The van der Waals surface area contributed by atoms with Crippen LogP contribution in [-0.2, 0) is 4.74 Å². The van der Waals surface area contributed by atoms with Crippen molar-refractivity contribution < 1.29 is 14.1 Å². The van der Waals surface area contributed by atoms with Crippen LogP contribution < -0.4 is 5.32 Å². The van der Waals surface area contributed by atoms with Gasteiger partial charge in [-0.05, 0) is 0 Å². The minimum atomic E-state index is -0.234. The number of nitrogens with one attached hydrogen (secondary N) is 1. The van der Waals surface area contributed by atoms with Crippen LogP contribution in [0.5, 0.6) is 0 Å². The molecule has 0 unspecified atom stereocenters. The van der Waals surface area contributed by atoms with Crippen LogP contribution in [0, 0.1) is 0 Å². The molecular formula is C10H16N2O3. The van der Waals surface area contributed by atoms with E-state index in [1.807, 2.05) is 13.8 Å². The molecule has 1 aromatic rings. The molecule has 5 heteroatoms. The number of ether oxygens (including phenoxy) is 1. The topological polar surface area (TPSA) is 64.4 Å². The van der Waals surface area contributed by atoms with E-state index >= 15 is 0 Å². The van der Waals surface area contributed by atoms with E-state index in [2.05, 4.69) is 10.5 Å². The Morgan fingerprint density at radius 3 is 2.93 bits per heavy atom. The van der Waals surface area contributed by atoms with Crippen LogP contribution in [-0.4, -0.2) is 31.3 Å². The maximum Gasteiger partial charge on any atom is 0.273 e. The predicted octanol–water partition coefficient (Wildman–Crippen LogP) is 1.17. The molecule has 0 bridgehead atoms. The molecule has 1 aromatic heterocycles. The number of carbonyl (C=O) groups excluding carboxylic acids is 1. The highest BCUT2D eigenvalue weighted by Gasteiger charge is 2.13. The summed E-state index contributed by atoms with van der Waals surface area (Å²) in [5.41, 5.74) is 0.315. The molecule has 0 fully saturated rings. The van der Waals surface area contributed by atoms with Crippen molar-refractivity contribution in [3.8, 4) is 0 Å². The van der Waals surface area contributed by atoms with Crippen molar-refractivity contribution in [1.82, 2.24) is 10.5 Å². The third kappa shape index (κ3) is 3.36. The van der Waals surface area contributed by atoms with Crippen LogP contribution in [0.3, 0.4) is 0 Å². The highest BCUT2D eigenvalue weighted by atomic mass is 16.5. The standard InChI is InChI=1S/C10H16N2O3/c1-7(2)9-6-8(12-15-9)10(13)11-4-5-14-3/h6-7H,4-5H2,1-3H3,(H,11,13). The van der Waals surface area contributed by atoms with Crippen LogP contribution in [0.2, 0.25) is 0 Å². The first-order chi connectivity index (χ1) is 7.15. The second kappa shape index (κ2) is 5.50. The van der Waals surface area contributed by atoms with Crippen LogP contribution in [0.4, 0.5) is 0 Å². The van der Waals surface area contributed by atoms with Crippen molar-refractivity contribution in [2.45, 2.75) is 19.8 Å². The third-order valence-corrected chi connectivity index (χ3v) is 1.92. The number of hydrogen-bond acceptors (Lipinski definition) is 4. The van der Waals surface area contributed by atoms with Gasteiger partial charge in [0.1, 0.15) is 5.76 Å². The molecule has 0 radical (unpaired) electrons. The summed E-state index contributed by atoms with van der Waals surface area (Å²) in [4.78, 5) is 11.5. The van der Waals surface area contributed by atoms with E-state index in [0.717, 1.165) is 0 Å². The Bertz CT molecular complexity index is 320. The number of aromatic nitrogens is 1. The van der Waals surface area contributed by atoms with Gasteiger partial charge in [-0.2, -0.15) is 0 Å². The van der Waals surface area contributed by atoms with E-state index in [4.69, 9.17) is 9.26 Å². The van der Waals surface area contributed by atoms with Crippen molar-refractivity contribution in [3.63, 3.8) is 0 Å². The Balaban J connectivity index is 2.51. The molecular weight excluding hydrogens is 196 g/mol. The minimum absolute atomic E-state index is 0.234. The smallest absolute Gasteiger partial charge is 0.273 e. The summed E-state index contributed by atoms with van der Waals surface area (Å²) in [6.45, 7) is 4.92. The van der Waals surface area contributed by atoms with E-state index in [0.29, 0.717) is 24.6 Å². The summed E-state index contributed by atoms with van der Waals surface area (Å²) in [5, 5.41) is 6.35. The van der Waals surface area contributed by atoms with Crippen molar-refractivity contribution in [3.05, 3.63) is 17.5 Å². The zero-order valence-electron chi connectivity index (χ0n) is 9.24. The van der Waals surface area contributed by atoms with Crippen molar-refractivity contribution in [2.75, 3.05) is 20.3 Å². The first-order valence-electron chi connectivity index (χ1n) is 4.89. The van der Waals surface area contributed by atoms with Gasteiger partial charge in [-0.15, -0.1) is 0 Å². The summed E-state index contributed by atoms with van der Waals surface area (Å²) in [7, 11) is 1.58. The molecule has 0 aliphatic rings. The molecule has 15 heavy (non-hydrogen) atoms. The second-order valence-electron chi connectivity index (χ2n) is 3.52. The zero-order valence-corrected chi connectivity index (χ0v) is 9.24. The van der Waals surface area contributed by atoms with Gasteiger partial charge in [-0.3, -0.25) is 4.79 Å². The van der Waals surface area contributed by atoms with Crippen molar-refractivity contribution >= 4 is 5.91 Å². The normalized spacial score (nSPS) is 10.7. The summed E-state index contributed by atoms with van der Waals surface area (Å²) in [6, 6.07) is 1.66. The Kier molecular flexibility index (Phi) is 4.30. The summed E-state index contributed by atoms with van der Waals surface area (Å²) in [5.74, 6) is 0.715. The molecule has 0 aromatic carbocycles. The van der Waals surface area contributed by atoms with Crippen molar-refractivity contribution in [1.29, 1.82) is 0 Å². The molecule has 0 spiro atoms. The fourth-order valence-electron chi connectivity index (χ4n) is 1.03. The monoisotopic (exact) mass is 212 g/mol. The van der Waals surface area contributed by atoms with E-state index in [1.165, 1.54) is 0 Å². The number of hydrogen-bond donors (Lipinski definition) is 1. The lowest BCUT2D eigenvalue weighted by Crippen LogP contribution is -2.27. The van der Waals surface area contributed by atoms with Gasteiger partial charge >= 0.3 is 0 Å². The zero-order chi connectivity index (χ0) is 11.3. The van der Waals surface area contributed by atoms with Gasteiger partial charge < -0.3 is 14.6 Å². The number of amides is 1. The summed E-state index contributed by atoms with van der Waals surface area (Å²) >= 11 is 0. The molecule has 1 amide bonds. The molecule has 0 aliphatic carbocycles. The lowest BCUT2D eigenvalue weighted by molar-refractivity contribution is 0.0928. The van der Waals surface area contributed by atoms with Crippen LogP contribution >= 0.6 is 0 Å². The largest absolute Gasteiger partial charge is 0.383 e. The lowest BCUT2D eigenvalue weighted by Gasteiger charge is -2.00. The fraction of sp³-hybridized carbons (Fsp3) is 0.600. The van der Waals surface area contributed by atoms with E-state index < -0.39 is 0 Å². The first kappa shape index (κ1) is 11.7. The summed E-state index contributed by atoms with van der Waals surface area (Å²) < 4.78 is 9.82. The number of carbonyl (C=O) groups is 1. The highest BCUT2D eigenvalue weighted by molar-refractivity contribution is 5.92. The van der Waals surface area contributed by atoms with E-state index in [-0.39, 0.29) is 11.8 Å². The molecule has 0 atom stereocenters. The third-order valence-electron chi connectivity index (χ3n) is 1.92. The van der Waals surface area contributed by atoms with Crippen LogP contribution in [0.15, 0.2) is 10.6 Å². The average Bonchev–Trinajstić information content (AvgIpc) is 2.66. The molecule has 0 saturated heterocycles. The maximum atomic E-state index is 11.5. The molecule has 0 aliphatic heterocycles. The van der Waals surface area contributed by atoms with Gasteiger partial charge in [0.2, 0.25) is 0 Å². The fourth-order valence-corrected chi connectivity index (χ4v) is 1.03. The number of nitrogens with zero attached hydrogens (tertiary/aromatic N) is 1. The van der Waals surface area contributed by atoms with Gasteiger partial charge in [0.05, 0.1) is 6.61 Å². The molecule has 1 rings (SSSR count). The Morgan fingerprint density at radius 2 is 2.40 bits per heavy atom. The van der Waals surface area contributed by atoms with E-state index in [1.54, 1.807) is 13.2 Å². The Morgan fingerprint density at radius 1 is 1.67 bits per heavy atom. The molecule has 1 N–H and O–H groups in total. The minimum Gasteiger partial charge on any atom is -0.383 e. The average molecular weight is 212 g/mol. The molecule has 0 saturated carbocycles. The van der Waals surface area contributed by atoms with E-state index in [9.17, 15) is 4.79 Å². The Labute approximate surface area is 88.8 Å². The summed E-state index contributed by atoms with van der Waals surface area (Å²) in [6.07, 6.45) is 0. The Hall–Kier alpha value is -1.36. The highest BCUT2D eigenvalue weighted by Crippen LogP contribution is 2.14. The van der Waals surface area contributed by atoms with Gasteiger partial charge in [-0.25, -0.2) is 0 Å². The van der Waals surface area contributed by atoms with Crippen molar-refractivity contribution in [2.24, 2.45) is 0 Å². The lowest BCUT2D eigenvalue weighted by atomic mass is 10.1. The predicted molar refractivity (Wildman–Crippen MR) is 54.8 cm³/mol. The quantitative estimate of drug-likeness (QED) is 0.744.